The predicted molar refractivity (Wildman–Crippen MR) is 151 cm³/mol. The third-order valence-electron chi connectivity index (χ3n) is 8.77. The van der Waals surface area contributed by atoms with Gasteiger partial charge < -0.3 is 11.5 Å². The third kappa shape index (κ3) is 5.29. The zero-order chi connectivity index (χ0) is 35.4. The van der Waals surface area contributed by atoms with Crippen LogP contribution in [0.15, 0.2) is 24.3 Å². The lowest BCUT2D eigenvalue weighted by Gasteiger charge is -2.42. The van der Waals surface area contributed by atoms with Crippen LogP contribution in [-0.2, 0) is 22.7 Å². The Labute approximate surface area is 258 Å². The van der Waals surface area contributed by atoms with Crippen molar-refractivity contribution in [3.63, 3.8) is 0 Å². The SMILES string of the molecule is CC(C)(C)c1cc(C(F)(F)C(F)(F)C(F)(F)C(F)(F)C(F)(F)C(F)(F)c2cc(C3CC3)c(N)c(C(C)(C)C)c2)cc(C2CC2)c1N. The van der Waals surface area contributed by atoms with Gasteiger partial charge in [-0.3, -0.25) is 0 Å². The van der Waals surface area contributed by atoms with Gasteiger partial charge in [-0.05, 0) is 94.9 Å². The third-order valence-corrected chi connectivity index (χ3v) is 8.77. The van der Waals surface area contributed by atoms with Crippen molar-refractivity contribution in [2.24, 2.45) is 0 Å². The van der Waals surface area contributed by atoms with Crippen LogP contribution < -0.4 is 11.5 Å². The lowest BCUT2D eigenvalue weighted by molar-refractivity contribution is -0.429. The van der Waals surface area contributed by atoms with Crippen molar-refractivity contribution in [2.75, 3.05) is 11.5 Å². The molecule has 258 valence electrons. The van der Waals surface area contributed by atoms with E-state index in [-0.39, 0.29) is 33.6 Å². The van der Waals surface area contributed by atoms with Crippen molar-refractivity contribution in [3.05, 3.63) is 57.6 Å². The van der Waals surface area contributed by atoms with E-state index >= 15 is 52.7 Å². The maximum Gasteiger partial charge on any atom is 0.385 e. The van der Waals surface area contributed by atoms with Gasteiger partial charge in [0.25, 0.3) is 0 Å². The quantitative estimate of drug-likeness (QED) is 0.205. The molecule has 14 heteroatoms. The summed E-state index contributed by atoms with van der Waals surface area (Å²) in [5.74, 6) is -43.6. The standard InChI is InChI=1S/C32H36F12N2/c1-25(2,3)21-13-17(11-19(23(21)45)15-7-8-15)27(33,34)29(37,38)31(41,42)32(43,44)30(39,40)28(35,36)18-12-20(16-9-10-16)24(46)22(14-18)26(4,5)6/h11-16H,7-10,45-46H2,1-6H3. The summed E-state index contributed by atoms with van der Waals surface area (Å²) >= 11 is 0. The van der Waals surface area contributed by atoms with Crippen molar-refractivity contribution in [1.82, 2.24) is 0 Å². The summed E-state index contributed by atoms with van der Waals surface area (Å²) in [4.78, 5) is 0. The van der Waals surface area contributed by atoms with Gasteiger partial charge in [0.05, 0.1) is 0 Å². The number of nitrogens with two attached hydrogens (primary N) is 2. The van der Waals surface area contributed by atoms with Gasteiger partial charge in [-0.25, -0.2) is 0 Å². The minimum atomic E-state index is -7.71. The van der Waals surface area contributed by atoms with E-state index in [0.29, 0.717) is 49.9 Å². The molecule has 4 rings (SSSR count). The van der Waals surface area contributed by atoms with Crippen LogP contribution >= 0.6 is 0 Å². The van der Waals surface area contributed by atoms with E-state index in [4.69, 9.17) is 11.5 Å². The van der Waals surface area contributed by atoms with Gasteiger partial charge >= 0.3 is 35.5 Å². The summed E-state index contributed by atoms with van der Waals surface area (Å²) in [5, 5.41) is 0. The Hall–Kier alpha value is -2.80. The average Bonchev–Trinajstić information content (AvgIpc) is 3.80. The van der Waals surface area contributed by atoms with Crippen LogP contribution in [0.2, 0.25) is 0 Å². The van der Waals surface area contributed by atoms with Crippen LogP contribution in [0.1, 0.15) is 112 Å². The maximum atomic E-state index is 15.5. The molecule has 0 amide bonds. The molecule has 46 heavy (non-hydrogen) atoms. The van der Waals surface area contributed by atoms with E-state index in [1.165, 1.54) is 41.5 Å². The van der Waals surface area contributed by atoms with E-state index < -0.39 is 69.3 Å². The zero-order valence-corrected chi connectivity index (χ0v) is 26.0. The molecule has 2 nitrogen and oxygen atoms in total. The molecule has 0 aliphatic heterocycles. The number of anilines is 2. The fraction of sp³-hybridized carbons (Fsp3) is 0.625. The monoisotopic (exact) mass is 676 g/mol. The lowest BCUT2D eigenvalue weighted by Crippen LogP contribution is -2.69. The molecule has 0 radical (unpaired) electrons. The highest BCUT2D eigenvalue weighted by Crippen LogP contribution is 2.64. The Bertz CT molecular complexity index is 1390. The Kier molecular flexibility index (Phi) is 8.11. The Balaban J connectivity index is 1.85. The summed E-state index contributed by atoms with van der Waals surface area (Å²) in [6.45, 7) is 8.57. The molecule has 0 unspecified atom stereocenters. The maximum absolute atomic E-state index is 15.5. The highest BCUT2D eigenvalue weighted by atomic mass is 19.4. The number of hydrogen-bond acceptors (Lipinski definition) is 2. The Morgan fingerprint density at radius 3 is 0.935 bits per heavy atom. The second-order valence-electron chi connectivity index (χ2n) is 14.5. The minimum Gasteiger partial charge on any atom is -0.398 e. The van der Waals surface area contributed by atoms with Crippen LogP contribution in [0.4, 0.5) is 64.1 Å². The topological polar surface area (TPSA) is 52.0 Å². The molecule has 0 spiro atoms. The first-order chi connectivity index (χ1) is 20.5. The second kappa shape index (κ2) is 10.3. The van der Waals surface area contributed by atoms with Crippen LogP contribution in [-0.4, -0.2) is 23.7 Å². The number of benzene rings is 2. The molecule has 4 N–H and O–H groups in total. The predicted octanol–water partition coefficient (Wildman–Crippen LogP) is 10.6. The molecule has 2 aliphatic carbocycles. The Morgan fingerprint density at radius 1 is 0.457 bits per heavy atom. The molecular weight excluding hydrogens is 640 g/mol. The van der Waals surface area contributed by atoms with Gasteiger partial charge in [-0.2, -0.15) is 52.7 Å². The molecule has 2 aliphatic rings. The largest absolute Gasteiger partial charge is 0.398 e. The Morgan fingerprint density at radius 2 is 0.717 bits per heavy atom. The van der Waals surface area contributed by atoms with Crippen molar-refractivity contribution >= 4 is 11.4 Å². The van der Waals surface area contributed by atoms with Crippen molar-refractivity contribution in [3.8, 4) is 0 Å². The average molecular weight is 677 g/mol. The molecule has 2 fully saturated rings. The molecule has 2 aromatic carbocycles. The summed E-state index contributed by atoms with van der Waals surface area (Å²) < 4.78 is 183. The minimum absolute atomic E-state index is 0.107. The molecule has 0 bridgehead atoms. The molecular formula is C32H36F12N2. The molecule has 2 saturated carbocycles. The van der Waals surface area contributed by atoms with E-state index in [2.05, 4.69) is 0 Å². The van der Waals surface area contributed by atoms with E-state index in [1.54, 1.807) is 0 Å². The van der Waals surface area contributed by atoms with Gasteiger partial charge in [-0.15, -0.1) is 0 Å². The van der Waals surface area contributed by atoms with Gasteiger partial charge in [0.15, 0.2) is 0 Å². The van der Waals surface area contributed by atoms with Crippen molar-refractivity contribution < 1.29 is 52.7 Å². The smallest absolute Gasteiger partial charge is 0.385 e. The fourth-order valence-corrected chi connectivity index (χ4v) is 5.57. The highest BCUT2D eigenvalue weighted by Gasteiger charge is 2.90. The number of alkyl halides is 12. The van der Waals surface area contributed by atoms with Gasteiger partial charge in [0.2, 0.25) is 0 Å². The van der Waals surface area contributed by atoms with E-state index in [9.17, 15) is 0 Å². The van der Waals surface area contributed by atoms with Gasteiger partial charge in [-0.1, -0.05) is 41.5 Å². The zero-order valence-electron chi connectivity index (χ0n) is 26.0. The summed E-state index contributed by atoms with van der Waals surface area (Å²) in [6, 6.07) is 1.33. The number of hydrogen-bond donors (Lipinski definition) is 2. The summed E-state index contributed by atoms with van der Waals surface area (Å²) in [5.41, 5.74) is 5.11. The first-order valence-electron chi connectivity index (χ1n) is 14.6. The summed E-state index contributed by atoms with van der Waals surface area (Å²) in [7, 11) is 0. The van der Waals surface area contributed by atoms with Crippen LogP contribution in [0.5, 0.6) is 0 Å². The molecule has 0 aromatic heterocycles. The lowest BCUT2D eigenvalue weighted by atomic mass is 9.79. The van der Waals surface area contributed by atoms with Gasteiger partial charge in [0.1, 0.15) is 0 Å². The van der Waals surface area contributed by atoms with Crippen molar-refractivity contribution in [2.45, 2.75) is 125 Å². The van der Waals surface area contributed by atoms with E-state index in [0.717, 1.165) is 0 Å². The van der Waals surface area contributed by atoms with Crippen molar-refractivity contribution in [1.29, 1.82) is 0 Å². The summed E-state index contributed by atoms with van der Waals surface area (Å²) in [6.07, 6.45) is 1.50. The van der Waals surface area contributed by atoms with Crippen LogP contribution in [0.25, 0.3) is 0 Å². The second-order valence-corrected chi connectivity index (χ2v) is 14.5. The molecule has 0 heterocycles. The van der Waals surface area contributed by atoms with Crippen LogP contribution in [0, 0.1) is 0 Å². The van der Waals surface area contributed by atoms with Gasteiger partial charge in [0, 0.05) is 22.5 Å². The molecule has 2 aromatic rings. The number of rotatable bonds is 9. The first-order valence-corrected chi connectivity index (χ1v) is 14.6. The number of nitrogen functional groups attached to an aromatic ring is 2. The normalized spacial score (nSPS) is 17.9. The molecule has 0 atom stereocenters. The fourth-order valence-electron chi connectivity index (χ4n) is 5.57. The first kappa shape index (κ1) is 36.0. The highest BCUT2D eigenvalue weighted by molar-refractivity contribution is 5.62. The van der Waals surface area contributed by atoms with Crippen LogP contribution in [0.3, 0.4) is 0 Å². The van der Waals surface area contributed by atoms with E-state index in [1.807, 2.05) is 0 Å². The molecule has 0 saturated heterocycles. The number of halogens is 12.